The van der Waals surface area contributed by atoms with Crippen LogP contribution in [-0.4, -0.2) is 24.6 Å². The second kappa shape index (κ2) is 8.70. The van der Waals surface area contributed by atoms with E-state index in [0.29, 0.717) is 29.7 Å². The average molecular weight is 425 g/mol. The van der Waals surface area contributed by atoms with Crippen molar-refractivity contribution < 1.29 is 18.1 Å². The van der Waals surface area contributed by atoms with Gasteiger partial charge in [0.2, 0.25) is 5.24 Å². The Morgan fingerprint density at radius 1 is 1.11 bits per heavy atom. The standard InChI is InChI=1S/C19H21ClN2O5S/c1-4-14-9-8-10-15(5-2)18(14)21(13(3)19(20)23)28(26,27)17-12-7-6-11-16(17)22(24)25/h6-13H,4-5H2,1-3H3. The molecule has 0 aromatic heterocycles. The number of para-hydroxylation sites is 2. The molecule has 0 heterocycles. The Labute approximate surface area is 169 Å². The lowest BCUT2D eigenvalue weighted by Gasteiger charge is -2.31. The number of aryl methyl sites for hydroxylation is 2. The lowest BCUT2D eigenvalue weighted by Crippen LogP contribution is -2.43. The molecule has 150 valence electrons. The quantitative estimate of drug-likeness (QED) is 0.361. The van der Waals surface area contributed by atoms with E-state index < -0.39 is 36.8 Å². The number of rotatable bonds is 8. The number of carbonyl (C=O) groups is 1. The molecule has 0 saturated carbocycles. The van der Waals surface area contributed by atoms with Crippen LogP contribution < -0.4 is 4.31 Å². The SMILES string of the molecule is CCc1cccc(CC)c1N(C(C)C(=O)Cl)S(=O)(=O)c1ccccc1[N+](=O)[O-]. The van der Waals surface area contributed by atoms with Crippen LogP contribution in [0.15, 0.2) is 47.4 Å². The molecular weight excluding hydrogens is 404 g/mol. The molecule has 0 aliphatic rings. The summed E-state index contributed by atoms with van der Waals surface area (Å²) in [6, 6.07) is 9.15. The van der Waals surface area contributed by atoms with Crippen LogP contribution in [-0.2, 0) is 27.7 Å². The third-order valence-electron chi connectivity index (χ3n) is 4.46. The number of hydrogen-bond acceptors (Lipinski definition) is 5. The van der Waals surface area contributed by atoms with Crippen molar-refractivity contribution in [1.82, 2.24) is 0 Å². The van der Waals surface area contributed by atoms with Crippen LogP contribution in [0.5, 0.6) is 0 Å². The summed E-state index contributed by atoms with van der Waals surface area (Å²) < 4.78 is 28.0. The molecule has 28 heavy (non-hydrogen) atoms. The third kappa shape index (κ3) is 4.02. The van der Waals surface area contributed by atoms with Crippen LogP contribution in [0.2, 0.25) is 0 Å². The van der Waals surface area contributed by atoms with E-state index in [4.69, 9.17) is 11.6 Å². The number of halogens is 1. The molecule has 0 fully saturated rings. The summed E-state index contributed by atoms with van der Waals surface area (Å²) in [4.78, 5) is 22.1. The molecule has 0 N–H and O–H groups in total. The number of carbonyl (C=O) groups excluding carboxylic acids is 1. The summed E-state index contributed by atoms with van der Waals surface area (Å²) in [7, 11) is -4.45. The van der Waals surface area contributed by atoms with Crippen LogP contribution in [0.3, 0.4) is 0 Å². The van der Waals surface area contributed by atoms with Crippen molar-refractivity contribution in [1.29, 1.82) is 0 Å². The molecule has 2 rings (SSSR count). The van der Waals surface area contributed by atoms with Gasteiger partial charge in [0.1, 0.15) is 6.04 Å². The number of benzene rings is 2. The Hall–Kier alpha value is -2.45. The van der Waals surface area contributed by atoms with Gasteiger partial charge >= 0.3 is 0 Å². The number of nitrogens with zero attached hydrogens (tertiary/aromatic N) is 2. The second-order valence-electron chi connectivity index (χ2n) is 6.14. The molecule has 2 aromatic carbocycles. The van der Waals surface area contributed by atoms with Gasteiger partial charge in [-0.1, -0.05) is 44.2 Å². The van der Waals surface area contributed by atoms with Gasteiger partial charge in [-0.05, 0) is 48.6 Å². The van der Waals surface area contributed by atoms with Crippen LogP contribution >= 0.6 is 11.6 Å². The second-order valence-corrected chi connectivity index (χ2v) is 8.29. The fourth-order valence-corrected chi connectivity index (χ4v) is 5.06. The van der Waals surface area contributed by atoms with Gasteiger partial charge in [-0.2, -0.15) is 0 Å². The highest BCUT2D eigenvalue weighted by Crippen LogP contribution is 2.36. The lowest BCUT2D eigenvalue weighted by atomic mass is 10.0. The first-order valence-corrected chi connectivity index (χ1v) is 10.6. The van der Waals surface area contributed by atoms with E-state index in [2.05, 4.69) is 0 Å². The van der Waals surface area contributed by atoms with Crippen LogP contribution in [0.25, 0.3) is 0 Å². The van der Waals surface area contributed by atoms with Crippen LogP contribution in [0, 0.1) is 10.1 Å². The number of hydrogen-bond donors (Lipinski definition) is 0. The molecule has 0 bridgehead atoms. The highest BCUT2D eigenvalue weighted by Gasteiger charge is 2.38. The Bertz CT molecular complexity index is 985. The summed E-state index contributed by atoms with van der Waals surface area (Å²) in [5.41, 5.74) is 1.18. The van der Waals surface area contributed by atoms with Crippen molar-refractivity contribution in [2.75, 3.05) is 4.31 Å². The van der Waals surface area contributed by atoms with E-state index >= 15 is 0 Å². The average Bonchev–Trinajstić information content (AvgIpc) is 2.67. The van der Waals surface area contributed by atoms with Gasteiger partial charge < -0.3 is 0 Å². The maximum Gasteiger partial charge on any atom is 0.289 e. The van der Waals surface area contributed by atoms with Crippen LogP contribution in [0.4, 0.5) is 11.4 Å². The number of nitro benzene ring substituents is 1. The molecule has 0 amide bonds. The normalized spacial score (nSPS) is 12.4. The summed E-state index contributed by atoms with van der Waals surface area (Å²) in [5, 5.41) is 10.5. The predicted octanol–water partition coefficient (Wildman–Crippen LogP) is 4.07. The highest BCUT2D eigenvalue weighted by atomic mass is 35.5. The zero-order valence-electron chi connectivity index (χ0n) is 15.8. The number of sulfonamides is 1. The van der Waals surface area contributed by atoms with Crippen molar-refractivity contribution in [3.8, 4) is 0 Å². The molecule has 0 spiro atoms. The molecule has 7 nitrogen and oxygen atoms in total. The molecule has 0 saturated heterocycles. The van der Waals surface area contributed by atoms with Crippen molar-refractivity contribution >= 4 is 38.2 Å². The molecule has 1 atom stereocenters. The van der Waals surface area contributed by atoms with Crippen LogP contribution in [0.1, 0.15) is 31.9 Å². The van der Waals surface area contributed by atoms with Gasteiger partial charge in [0.25, 0.3) is 15.7 Å². The minimum absolute atomic E-state index is 0.340. The fraction of sp³-hybridized carbons (Fsp3) is 0.316. The van der Waals surface area contributed by atoms with E-state index in [1.54, 1.807) is 12.1 Å². The first-order chi connectivity index (χ1) is 13.2. The first kappa shape index (κ1) is 21.8. The van der Waals surface area contributed by atoms with E-state index in [0.717, 1.165) is 16.4 Å². The van der Waals surface area contributed by atoms with Gasteiger partial charge in [0.05, 0.1) is 10.6 Å². The Kier molecular flexibility index (Phi) is 6.79. The fourth-order valence-electron chi connectivity index (χ4n) is 3.04. The monoisotopic (exact) mass is 424 g/mol. The van der Waals surface area contributed by atoms with Gasteiger partial charge in [0.15, 0.2) is 4.90 Å². The summed E-state index contributed by atoms with van der Waals surface area (Å²) in [6.45, 7) is 5.09. The van der Waals surface area contributed by atoms with Crippen molar-refractivity contribution in [3.05, 3.63) is 63.7 Å². The van der Waals surface area contributed by atoms with E-state index in [-0.39, 0.29) is 0 Å². The summed E-state index contributed by atoms with van der Waals surface area (Å²) in [6.07, 6.45) is 1.02. The Balaban J connectivity index is 2.88. The highest BCUT2D eigenvalue weighted by molar-refractivity contribution is 7.93. The molecule has 2 aromatic rings. The summed E-state index contributed by atoms with van der Waals surface area (Å²) >= 11 is 5.68. The van der Waals surface area contributed by atoms with E-state index in [1.807, 2.05) is 19.9 Å². The van der Waals surface area contributed by atoms with Crippen molar-refractivity contribution in [3.63, 3.8) is 0 Å². The minimum atomic E-state index is -4.45. The number of nitro groups is 1. The first-order valence-electron chi connectivity index (χ1n) is 8.74. The largest absolute Gasteiger partial charge is 0.289 e. The number of anilines is 1. The van der Waals surface area contributed by atoms with Gasteiger partial charge in [-0.25, -0.2) is 8.42 Å². The maximum absolute atomic E-state index is 13.6. The molecule has 9 heteroatoms. The smallest absolute Gasteiger partial charge is 0.279 e. The predicted molar refractivity (Wildman–Crippen MR) is 108 cm³/mol. The minimum Gasteiger partial charge on any atom is -0.279 e. The maximum atomic E-state index is 13.6. The topological polar surface area (TPSA) is 97.6 Å². The van der Waals surface area contributed by atoms with Gasteiger partial charge in [-0.15, -0.1) is 0 Å². The summed E-state index contributed by atoms with van der Waals surface area (Å²) in [5.74, 6) is 0. The Morgan fingerprint density at radius 2 is 1.64 bits per heavy atom. The zero-order chi connectivity index (χ0) is 21.1. The van der Waals surface area contributed by atoms with E-state index in [9.17, 15) is 23.3 Å². The molecule has 0 radical (unpaired) electrons. The third-order valence-corrected chi connectivity index (χ3v) is 6.70. The lowest BCUT2D eigenvalue weighted by molar-refractivity contribution is -0.387. The molecule has 1 unspecified atom stereocenters. The molecule has 0 aliphatic heterocycles. The van der Waals surface area contributed by atoms with Crippen molar-refractivity contribution in [2.45, 2.75) is 44.6 Å². The van der Waals surface area contributed by atoms with Gasteiger partial charge in [-0.3, -0.25) is 19.2 Å². The Morgan fingerprint density at radius 3 is 2.11 bits per heavy atom. The van der Waals surface area contributed by atoms with Crippen molar-refractivity contribution in [2.24, 2.45) is 0 Å². The zero-order valence-corrected chi connectivity index (χ0v) is 17.3. The molecular formula is C19H21ClN2O5S. The van der Waals surface area contributed by atoms with Gasteiger partial charge in [0, 0.05) is 6.07 Å². The van der Waals surface area contributed by atoms with E-state index in [1.165, 1.54) is 19.1 Å². The molecule has 0 aliphatic carbocycles.